The van der Waals surface area contributed by atoms with Crippen LogP contribution in [0.2, 0.25) is 0 Å². The molecule has 0 fully saturated rings. The summed E-state index contributed by atoms with van der Waals surface area (Å²) in [6.07, 6.45) is 0. The molecule has 0 radical (unpaired) electrons. The number of carbonyl (C=O) groups is 1. The third-order valence-electron chi connectivity index (χ3n) is 6.78. The summed E-state index contributed by atoms with van der Waals surface area (Å²) in [7, 11) is 0. The zero-order chi connectivity index (χ0) is 26.1. The average Bonchev–Trinajstić information content (AvgIpc) is 3.67. The van der Waals surface area contributed by atoms with Crippen LogP contribution in [0.5, 0.6) is 11.5 Å². The van der Waals surface area contributed by atoms with Crippen molar-refractivity contribution in [3.63, 3.8) is 0 Å². The number of fused-ring (bicyclic) bond motifs is 1. The molecule has 0 aliphatic carbocycles. The highest BCUT2D eigenvalue weighted by Crippen LogP contribution is 2.34. The number of ether oxygens (including phenoxy) is 2. The molecule has 3 aromatic carbocycles. The van der Waals surface area contributed by atoms with Crippen LogP contribution in [0, 0.1) is 13.8 Å². The molecule has 0 amide bonds. The third-order valence-corrected chi connectivity index (χ3v) is 7.66. The fraction of sp³-hybridized carbons (Fsp3) is 0.161. The Hall–Kier alpha value is -4.23. The number of nitrogens with one attached hydrogen (secondary N) is 1. The van der Waals surface area contributed by atoms with Crippen molar-refractivity contribution < 1.29 is 14.3 Å². The van der Waals surface area contributed by atoms with Gasteiger partial charge in [-0.15, -0.1) is 0 Å². The summed E-state index contributed by atoms with van der Waals surface area (Å²) < 4.78 is 13.1. The predicted molar refractivity (Wildman–Crippen MR) is 150 cm³/mol. The van der Waals surface area contributed by atoms with Gasteiger partial charge in [0.1, 0.15) is 0 Å². The van der Waals surface area contributed by atoms with Crippen molar-refractivity contribution in [1.82, 2.24) is 14.5 Å². The van der Waals surface area contributed by atoms with E-state index >= 15 is 0 Å². The van der Waals surface area contributed by atoms with Crippen LogP contribution in [-0.4, -0.2) is 32.9 Å². The molecule has 0 atom stereocenters. The summed E-state index contributed by atoms with van der Waals surface area (Å²) in [5, 5.41) is 0.727. The number of aromatic amines is 1. The van der Waals surface area contributed by atoms with E-state index in [1.54, 1.807) is 0 Å². The first-order chi connectivity index (χ1) is 18.6. The van der Waals surface area contributed by atoms with E-state index in [4.69, 9.17) is 14.5 Å². The Bertz CT molecular complexity index is 1550. The Morgan fingerprint density at radius 1 is 0.921 bits per heavy atom. The quantitative estimate of drug-likeness (QED) is 0.177. The van der Waals surface area contributed by atoms with Gasteiger partial charge in [-0.05, 0) is 37.6 Å². The molecule has 1 aliphatic rings. The largest absolute Gasteiger partial charge is 0.454 e. The molecule has 7 heteroatoms. The maximum absolute atomic E-state index is 13.3. The van der Waals surface area contributed by atoms with Crippen molar-refractivity contribution in [2.75, 3.05) is 12.5 Å². The molecule has 3 heterocycles. The molecule has 6 nitrogen and oxygen atoms in total. The Labute approximate surface area is 225 Å². The van der Waals surface area contributed by atoms with Crippen LogP contribution in [-0.2, 0) is 6.54 Å². The lowest BCUT2D eigenvalue weighted by molar-refractivity contribution is 0.102. The number of H-pyrrole nitrogens is 1. The Morgan fingerprint density at radius 2 is 1.63 bits per heavy atom. The van der Waals surface area contributed by atoms with Crippen molar-refractivity contribution in [3.05, 3.63) is 107 Å². The van der Waals surface area contributed by atoms with Crippen LogP contribution in [0.1, 0.15) is 27.3 Å². The fourth-order valence-electron chi connectivity index (χ4n) is 4.80. The van der Waals surface area contributed by atoms with Gasteiger partial charge in [0.05, 0.1) is 17.1 Å². The van der Waals surface area contributed by atoms with Crippen LogP contribution >= 0.6 is 11.8 Å². The van der Waals surface area contributed by atoms with E-state index in [0.29, 0.717) is 12.3 Å². The Balaban J connectivity index is 1.21. The summed E-state index contributed by atoms with van der Waals surface area (Å²) in [4.78, 5) is 21.7. The van der Waals surface area contributed by atoms with Gasteiger partial charge in [0.25, 0.3) is 0 Å². The van der Waals surface area contributed by atoms with Gasteiger partial charge in [-0.1, -0.05) is 78.5 Å². The van der Waals surface area contributed by atoms with E-state index < -0.39 is 0 Å². The molecule has 1 aliphatic heterocycles. The van der Waals surface area contributed by atoms with Gasteiger partial charge in [-0.2, -0.15) is 0 Å². The number of rotatable bonds is 8. The average molecular weight is 522 g/mol. The van der Waals surface area contributed by atoms with E-state index in [-0.39, 0.29) is 12.6 Å². The molecular formula is C31H27N3O3S. The first-order valence-electron chi connectivity index (χ1n) is 12.5. The van der Waals surface area contributed by atoms with E-state index in [1.807, 2.05) is 74.5 Å². The lowest BCUT2D eigenvalue weighted by Crippen LogP contribution is -2.07. The van der Waals surface area contributed by atoms with Crippen LogP contribution in [0.25, 0.3) is 22.5 Å². The van der Waals surface area contributed by atoms with Gasteiger partial charge < -0.3 is 19.0 Å². The fourth-order valence-corrected chi connectivity index (χ4v) is 5.55. The number of aromatic nitrogens is 3. The number of Topliss-reactive ketones (excluding diaryl/α,β-unsaturated/α-hetero) is 1. The second-order valence-electron chi connectivity index (χ2n) is 9.27. The minimum absolute atomic E-state index is 0.0824. The Morgan fingerprint density at radius 3 is 2.39 bits per heavy atom. The molecule has 0 saturated heterocycles. The highest BCUT2D eigenvalue weighted by atomic mass is 32.2. The van der Waals surface area contributed by atoms with Crippen LogP contribution in [0.3, 0.4) is 0 Å². The monoisotopic (exact) mass is 521 g/mol. The van der Waals surface area contributed by atoms with E-state index in [2.05, 4.69) is 33.8 Å². The summed E-state index contributed by atoms with van der Waals surface area (Å²) in [5.74, 6) is 1.91. The lowest BCUT2D eigenvalue weighted by Gasteiger charge is -2.10. The number of imidazole rings is 1. The van der Waals surface area contributed by atoms with Gasteiger partial charge >= 0.3 is 0 Å². The van der Waals surface area contributed by atoms with Gasteiger partial charge in [0, 0.05) is 34.6 Å². The third kappa shape index (κ3) is 4.73. The van der Waals surface area contributed by atoms with Gasteiger partial charge in [0.15, 0.2) is 22.4 Å². The smallest absolute Gasteiger partial charge is 0.231 e. The molecule has 2 aromatic heterocycles. The second kappa shape index (κ2) is 10.3. The summed E-state index contributed by atoms with van der Waals surface area (Å²) >= 11 is 1.43. The minimum atomic E-state index is 0.0824. The van der Waals surface area contributed by atoms with Crippen molar-refractivity contribution >= 4 is 17.5 Å². The van der Waals surface area contributed by atoms with Gasteiger partial charge in [0.2, 0.25) is 6.79 Å². The van der Waals surface area contributed by atoms with Crippen molar-refractivity contribution in [3.8, 4) is 34.0 Å². The number of aryl methyl sites for hydroxylation is 1. The van der Waals surface area contributed by atoms with Gasteiger partial charge in [-0.3, -0.25) is 4.79 Å². The maximum atomic E-state index is 13.3. The molecule has 190 valence electrons. The minimum Gasteiger partial charge on any atom is -0.454 e. The zero-order valence-electron chi connectivity index (χ0n) is 21.2. The molecule has 6 rings (SSSR count). The van der Waals surface area contributed by atoms with Crippen LogP contribution < -0.4 is 9.47 Å². The van der Waals surface area contributed by atoms with Crippen molar-refractivity contribution in [2.24, 2.45) is 0 Å². The number of ketones is 1. The number of benzene rings is 3. The molecule has 0 saturated carbocycles. The second-order valence-corrected chi connectivity index (χ2v) is 10.2. The molecule has 5 aromatic rings. The standard InChI is InChI=1S/C31H27N3O3S/c1-20-15-25(21(2)34(20)17-22-13-14-27-28(16-22)37-19-36-27)26(35)18-38-31-32-29(23-9-5-3-6-10-23)30(33-31)24-11-7-4-8-12-24/h3-16H,17-19H2,1-2H3,(H,32,33). The molecule has 0 unspecified atom stereocenters. The molecule has 0 bridgehead atoms. The summed E-state index contributed by atoms with van der Waals surface area (Å²) in [5.41, 5.74) is 7.78. The van der Waals surface area contributed by atoms with E-state index in [9.17, 15) is 4.79 Å². The number of thioether (sulfide) groups is 1. The SMILES string of the molecule is Cc1cc(C(=O)CSc2nc(-c3ccccc3)c(-c3ccccc3)[nH]2)c(C)n1Cc1ccc2c(c1)OCO2. The number of carbonyl (C=O) groups excluding carboxylic acids is 1. The number of hydrogen-bond donors (Lipinski definition) is 1. The Kier molecular flexibility index (Phi) is 6.52. The number of hydrogen-bond acceptors (Lipinski definition) is 5. The van der Waals surface area contributed by atoms with Gasteiger partial charge in [-0.25, -0.2) is 4.98 Å². The van der Waals surface area contributed by atoms with Crippen LogP contribution in [0.15, 0.2) is 90.1 Å². The van der Waals surface area contributed by atoms with E-state index in [1.165, 1.54) is 11.8 Å². The van der Waals surface area contributed by atoms with Crippen LogP contribution in [0.4, 0.5) is 0 Å². The predicted octanol–water partition coefficient (Wildman–Crippen LogP) is 6.91. The highest BCUT2D eigenvalue weighted by Gasteiger charge is 2.20. The normalized spacial score (nSPS) is 12.2. The summed E-state index contributed by atoms with van der Waals surface area (Å²) in [6, 6.07) is 28.2. The lowest BCUT2D eigenvalue weighted by atomic mass is 10.1. The molecule has 38 heavy (non-hydrogen) atoms. The zero-order valence-corrected chi connectivity index (χ0v) is 22.0. The summed E-state index contributed by atoms with van der Waals surface area (Å²) in [6.45, 7) is 4.96. The first kappa shape index (κ1) is 24.1. The number of nitrogens with zero attached hydrogens (tertiary/aromatic N) is 2. The molecule has 1 N–H and O–H groups in total. The van der Waals surface area contributed by atoms with Crippen molar-refractivity contribution in [1.29, 1.82) is 0 Å². The maximum Gasteiger partial charge on any atom is 0.231 e. The first-order valence-corrected chi connectivity index (χ1v) is 13.5. The highest BCUT2D eigenvalue weighted by molar-refractivity contribution is 7.99. The van der Waals surface area contributed by atoms with E-state index in [0.717, 1.165) is 61.7 Å². The van der Waals surface area contributed by atoms with Crippen molar-refractivity contribution in [2.45, 2.75) is 25.5 Å². The molecule has 0 spiro atoms. The topological polar surface area (TPSA) is 69.1 Å². The molecular weight excluding hydrogens is 494 g/mol.